The van der Waals surface area contributed by atoms with Crippen LogP contribution in [0.3, 0.4) is 0 Å². The van der Waals surface area contributed by atoms with Gasteiger partial charge in [0.15, 0.2) is 0 Å². The molecule has 0 radical (unpaired) electrons. The molecule has 1 nitrogen and oxygen atoms in total. The first kappa shape index (κ1) is 9.95. The average molecular weight is 192 g/mol. The van der Waals surface area contributed by atoms with Crippen LogP contribution in [-0.4, -0.2) is 5.78 Å². The van der Waals surface area contributed by atoms with E-state index in [0.29, 0.717) is 11.2 Å². The standard InChI is InChI=1S/C13H20O/c1-10-5-4-7-12(2)9-11(14)6-8-13(10,12)3/h5H,4,6-9H2,1-3H3/t12-,13-/m1/s1. The number of fused-ring (bicyclic) bond motifs is 1. The van der Waals surface area contributed by atoms with Gasteiger partial charge in [-0.15, -0.1) is 0 Å². The topological polar surface area (TPSA) is 17.1 Å². The lowest BCUT2D eigenvalue weighted by molar-refractivity contribution is -0.128. The smallest absolute Gasteiger partial charge is 0.133 e. The Bertz CT molecular complexity index is 302. The van der Waals surface area contributed by atoms with Gasteiger partial charge in [0, 0.05) is 12.8 Å². The van der Waals surface area contributed by atoms with E-state index >= 15 is 0 Å². The zero-order valence-electron chi connectivity index (χ0n) is 9.52. The molecule has 0 spiro atoms. The van der Waals surface area contributed by atoms with Crippen molar-refractivity contribution in [2.24, 2.45) is 10.8 Å². The van der Waals surface area contributed by atoms with Crippen molar-refractivity contribution < 1.29 is 4.79 Å². The zero-order valence-corrected chi connectivity index (χ0v) is 9.52. The summed E-state index contributed by atoms with van der Waals surface area (Å²) in [5.41, 5.74) is 2.04. The predicted octanol–water partition coefficient (Wildman–Crippen LogP) is 3.49. The van der Waals surface area contributed by atoms with Gasteiger partial charge >= 0.3 is 0 Å². The molecule has 2 aliphatic carbocycles. The van der Waals surface area contributed by atoms with Crippen molar-refractivity contribution in [3.8, 4) is 0 Å². The van der Waals surface area contributed by atoms with Crippen molar-refractivity contribution in [1.29, 1.82) is 0 Å². The molecule has 1 saturated carbocycles. The Morgan fingerprint density at radius 1 is 1.29 bits per heavy atom. The Labute approximate surface area is 86.6 Å². The summed E-state index contributed by atoms with van der Waals surface area (Å²) in [5.74, 6) is 0.472. The molecule has 0 aromatic carbocycles. The molecule has 1 heteroatoms. The number of allylic oxidation sites excluding steroid dienone is 2. The van der Waals surface area contributed by atoms with Crippen LogP contribution in [0.4, 0.5) is 0 Å². The molecule has 0 amide bonds. The third-order valence-electron chi connectivity index (χ3n) is 4.84. The number of ketones is 1. The largest absolute Gasteiger partial charge is 0.300 e. The molecular formula is C13H20O. The molecule has 0 bridgehead atoms. The second kappa shape index (κ2) is 2.95. The molecule has 0 aliphatic heterocycles. The van der Waals surface area contributed by atoms with Gasteiger partial charge in [-0.1, -0.05) is 25.5 Å². The van der Waals surface area contributed by atoms with Gasteiger partial charge in [0.25, 0.3) is 0 Å². The van der Waals surface area contributed by atoms with Crippen molar-refractivity contribution in [2.75, 3.05) is 0 Å². The first-order chi connectivity index (χ1) is 6.48. The summed E-state index contributed by atoms with van der Waals surface area (Å²) >= 11 is 0. The van der Waals surface area contributed by atoms with Crippen molar-refractivity contribution in [2.45, 2.75) is 52.9 Å². The molecule has 2 atom stereocenters. The van der Waals surface area contributed by atoms with Crippen LogP contribution in [0.25, 0.3) is 0 Å². The van der Waals surface area contributed by atoms with Crippen LogP contribution < -0.4 is 0 Å². The molecule has 78 valence electrons. The van der Waals surface area contributed by atoms with E-state index in [4.69, 9.17) is 0 Å². The molecule has 0 saturated heterocycles. The summed E-state index contributed by atoms with van der Waals surface area (Å²) in [5, 5.41) is 0. The summed E-state index contributed by atoms with van der Waals surface area (Å²) in [6, 6.07) is 0. The first-order valence-corrected chi connectivity index (χ1v) is 5.67. The first-order valence-electron chi connectivity index (χ1n) is 5.67. The minimum Gasteiger partial charge on any atom is -0.300 e. The molecule has 0 N–H and O–H groups in total. The van der Waals surface area contributed by atoms with Gasteiger partial charge in [-0.3, -0.25) is 4.79 Å². The quantitative estimate of drug-likeness (QED) is 0.537. The second-order valence-electron chi connectivity index (χ2n) is 5.53. The number of rotatable bonds is 0. The van der Waals surface area contributed by atoms with Crippen molar-refractivity contribution >= 4 is 5.78 Å². The number of Topliss-reactive ketones (excluding diaryl/α,β-unsaturated/α-hetero) is 1. The number of carbonyl (C=O) groups is 1. The molecule has 0 aromatic heterocycles. The summed E-state index contributed by atoms with van der Waals surface area (Å²) < 4.78 is 0. The maximum atomic E-state index is 11.6. The summed E-state index contributed by atoms with van der Waals surface area (Å²) in [6.45, 7) is 6.90. The Morgan fingerprint density at radius 3 is 2.71 bits per heavy atom. The van der Waals surface area contributed by atoms with E-state index in [1.807, 2.05) is 0 Å². The van der Waals surface area contributed by atoms with Gasteiger partial charge < -0.3 is 0 Å². The highest BCUT2D eigenvalue weighted by atomic mass is 16.1. The lowest BCUT2D eigenvalue weighted by Crippen LogP contribution is -2.45. The maximum Gasteiger partial charge on any atom is 0.133 e. The molecule has 2 rings (SSSR count). The van der Waals surface area contributed by atoms with E-state index in [1.165, 1.54) is 12.0 Å². The Balaban J connectivity index is 2.40. The Hall–Kier alpha value is -0.590. The van der Waals surface area contributed by atoms with Gasteiger partial charge in [-0.2, -0.15) is 0 Å². The number of hydrogen-bond acceptors (Lipinski definition) is 1. The van der Waals surface area contributed by atoms with Crippen LogP contribution in [0.5, 0.6) is 0 Å². The molecule has 2 aliphatic rings. The molecular weight excluding hydrogens is 172 g/mol. The van der Waals surface area contributed by atoms with E-state index in [0.717, 1.165) is 25.7 Å². The lowest BCUT2D eigenvalue weighted by atomic mass is 9.51. The van der Waals surface area contributed by atoms with Gasteiger partial charge in [-0.25, -0.2) is 0 Å². The van der Waals surface area contributed by atoms with Crippen LogP contribution in [0, 0.1) is 10.8 Å². The van der Waals surface area contributed by atoms with E-state index < -0.39 is 0 Å². The lowest BCUT2D eigenvalue weighted by Gasteiger charge is -2.53. The van der Waals surface area contributed by atoms with E-state index in [9.17, 15) is 4.79 Å². The minimum absolute atomic E-state index is 0.237. The van der Waals surface area contributed by atoms with E-state index in [2.05, 4.69) is 26.8 Å². The fourth-order valence-corrected chi connectivity index (χ4v) is 3.28. The third kappa shape index (κ3) is 1.18. The monoisotopic (exact) mass is 192 g/mol. The van der Waals surface area contributed by atoms with Crippen LogP contribution in [0.15, 0.2) is 11.6 Å². The highest BCUT2D eigenvalue weighted by Crippen LogP contribution is 2.58. The molecule has 14 heavy (non-hydrogen) atoms. The van der Waals surface area contributed by atoms with Crippen LogP contribution in [-0.2, 0) is 4.79 Å². The third-order valence-corrected chi connectivity index (χ3v) is 4.84. The number of carbonyl (C=O) groups excluding carboxylic acids is 1. The van der Waals surface area contributed by atoms with E-state index in [1.54, 1.807) is 0 Å². The van der Waals surface area contributed by atoms with Crippen molar-refractivity contribution in [3.05, 3.63) is 11.6 Å². The minimum atomic E-state index is 0.237. The summed E-state index contributed by atoms with van der Waals surface area (Å²) in [4.78, 5) is 11.6. The highest BCUT2D eigenvalue weighted by molar-refractivity contribution is 5.80. The van der Waals surface area contributed by atoms with Gasteiger partial charge in [-0.05, 0) is 37.0 Å². The normalized spacial score (nSPS) is 43.1. The average Bonchev–Trinajstić information content (AvgIpc) is 2.10. The maximum absolute atomic E-state index is 11.6. The highest BCUT2D eigenvalue weighted by Gasteiger charge is 2.50. The zero-order chi connectivity index (χ0) is 10.4. The Kier molecular flexibility index (Phi) is 2.09. The summed E-state index contributed by atoms with van der Waals surface area (Å²) in [6.07, 6.45) is 7.37. The van der Waals surface area contributed by atoms with Crippen LogP contribution in [0.1, 0.15) is 52.9 Å². The van der Waals surface area contributed by atoms with Gasteiger partial charge in [0.1, 0.15) is 5.78 Å². The molecule has 0 aromatic rings. The fraction of sp³-hybridized carbons (Fsp3) is 0.769. The predicted molar refractivity (Wildman–Crippen MR) is 58.1 cm³/mol. The van der Waals surface area contributed by atoms with Crippen LogP contribution in [0.2, 0.25) is 0 Å². The second-order valence-corrected chi connectivity index (χ2v) is 5.53. The Morgan fingerprint density at radius 2 is 2.00 bits per heavy atom. The molecule has 0 unspecified atom stereocenters. The van der Waals surface area contributed by atoms with E-state index in [-0.39, 0.29) is 5.41 Å². The van der Waals surface area contributed by atoms with Crippen molar-refractivity contribution in [3.63, 3.8) is 0 Å². The fourth-order valence-electron chi connectivity index (χ4n) is 3.28. The molecule has 1 fully saturated rings. The summed E-state index contributed by atoms with van der Waals surface area (Å²) in [7, 11) is 0. The SMILES string of the molecule is CC1=CCC[C@]2(C)CC(=O)CC[C@]12C. The number of hydrogen-bond donors (Lipinski definition) is 0. The van der Waals surface area contributed by atoms with Gasteiger partial charge in [0.2, 0.25) is 0 Å². The van der Waals surface area contributed by atoms with Crippen LogP contribution >= 0.6 is 0 Å². The van der Waals surface area contributed by atoms with Crippen molar-refractivity contribution in [1.82, 2.24) is 0 Å². The van der Waals surface area contributed by atoms with Gasteiger partial charge in [0.05, 0.1) is 0 Å². The molecule has 0 heterocycles.